The molecule has 0 fully saturated rings. The highest BCUT2D eigenvalue weighted by molar-refractivity contribution is 7.92. The van der Waals surface area contributed by atoms with Gasteiger partial charge in [0.15, 0.2) is 0 Å². The van der Waals surface area contributed by atoms with E-state index < -0.39 is 33.2 Å². The molecule has 0 unspecified atom stereocenters. The Morgan fingerprint density at radius 3 is 2.31 bits per heavy atom. The Morgan fingerprint density at radius 2 is 1.67 bits per heavy atom. The first-order chi connectivity index (χ1) is 19.5. The van der Waals surface area contributed by atoms with Crippen LogP contribution in [0.1, 0.15) is 68.4 Å². The molecule has 3 aromatic rings. The first-order valence-electron chi connectivity index (χ1n) is 14.0. The quantitative estimate of drug-likeness (QED) is 0.363. The van der Waals surface area contributed by atoms with Gasteiger partial charge in [-0.25, -0.2) is 18.1 Å². The number of sulfonamides is 1. The number of nitrogens with zero attached hydrogens (tertiary/aromatic N) is 3. The number of benzene rings is 2. The average molecular weight is 597 g/mol. The molecule has 1 aliphatic heterocycles. The number of hydrogen-bond donors (Lipinski definition) is 3. The second kappa shape index (κ2) is 12.0. The van der Waals surface area contributed by atoms with Crippen LogP contribution in [0.3, 0.4) is 0 Å². The zero-order chi connectivity index (χ0) is 30.9. The molecule has 4 bridgehead atoms. The van der Waals surface area contributed by atoms with Crippen LogP contribution in [0.2, 0.25) is 0 Å². The molecule has 11 heteroatoms. The Morgan fingerprint density at radius 1 is 1.00 bits per heavy atom. The molecule has 2 aromatic carbocycles. The van der Waals surface area contributed by atoms with Gasteiger partial charge < -0.3 is 19.8 Å². The second-order valence-electron chi connectivity index (χ2n) is 12.2. The van der Waals surface area contributed by atoms with Crippen molar-refractivity contribution in [3.63, 3.8) is 0 Å². The Hall–Kier alpha value is -3.54. The van der Waals surface area contributed by atoms with Gasteiger partial charge in [-0.1, -0.05) is 24.3 Å². The van der Waals surface area contributed by atoms with Crippen molar-refractivity contribution in [2.24, 2.45) is 0 Å². The van der Waals surface area contributed by atoms with Crippen LogP contribution in [0.25, 0.3) is 11.3 Å². The van der Waals surface area contributed by atoms with Crippen LogP contribution in [-0.4, -0.2) is 69.8 Å². The van der Waals surface area contributed by atoms with Gasteiger partial charge >= 0.3 is 0 Å². The molecule has 1 amide bonds. The third-order valence-corrected chi connectivity index (χ3v) is 8.43. The summed E-state index contributed by atoms with van der Waals surface area (Å²) in [6.07, 6.45) is 1.09. The number of ether oxygens (including phenoxy) is 1. The van der Waals surface area contributed by atoms with Gasteiger partial charge in [0, 0.05) is 23.7 Å². The highest BCUT2D eigenvalue weighted by Gasteiger charge is 2.32. The first kappa shape index (κ1) is 31.4. The van der Waals surface area contributed by atoms with Crippen LogP contribution >= 0.6 is 0 Å². The van der Waals surface area contributed by atoms with Crippen molar-refractivity contribution >= 4 is 21.9 Å². The fourth-order valence-electron chi connectivity index (χ4n) is 5.18. The maximum atomic E-state index is 14.0. The number of amides is 1. The number of aliphatic hydroxyl groups is 2. The maximum Gasteiger partial charge on any atom is 0.264 e. The fraction of sp³-hybridized carbons (Fsp3) is 0.452. The number of fused-ring (bicyclic) bond motifs is 4. The lowest BCUT2D eigenvalue weighted by Crippen LogP contribution is -2.48. The standard InChI is InChI=1S/C31H40N4O6S/c1-20-10-7-11-21(2)27(20)25-17-26-33-29(32-25)34-42(39,40)24-13-8-12-22(16-24)28(36)35(15-9-14-30(3,4)37)23(19-41-26)18-31(5,6)38/h7-8,10-13,16-17,23,37-38H,9,14-15,18-19H2,1-6H3,(H,32,33,34)/t23-/m1/s1. The Kier molecular flexibility index (Phi) is 8.96. The van der Waals surface area contributed by atoms with Crippen molar-refractivity contribution in [1.29, 1.82) is 0 Å². The fourth-order valence-corrected chi connectivity index (χ4v) is 6.17. The number of anilines is 1. The van der Waals surface area contributed by atoms with E-state index in [4.69, 9.17) is 4.74 Å². The monoisotopic (exact) mass is 596 g/mol. The third-order valence-electron chi connectivity index (χ3n) is 7.10. The van der Waals surface area contributed by atoms with Crippen LogP contribution in [0.5, 0.6) is 5.88 Å². The second-order valence-corrected chi connectivity index (χ2v) is 13.9. The molecule has 0 radical (unpaired) electrons. The van der Waals surface area contributed by atoms with Gasteiger partial charge in [0.25, 0.3) is 15.9 Å². The zero-order valence-corrected chi connectivity index (χ0v) is 25.8. The summed E-state index contributed by atoms with van der Waals surface area (Å²) in [4.78, 5) is 24.3. The summed E-state index contributed by atoms with van der Waals surface area (Å²) < 4.78 is 35.6. The van der Waals surface area contributed by atoms with E-state index in [2.05, 4.69) is 14.7 Å². The molecular weight excluding hydrogens is 556 g/mol. The molecule has 1 aromatic heterocycles. The van der Waals surface area contributed by atoms with E-state index in [1.54, 1.807) is 44.7 Å². The number of carbonyl (C=O) groups excluding carboxylic acids is 1. The Bertz CT molecular complexity index is 1540. The molecule has 1 aliphatic rings. The average Bonchev–Trinajstić information content (AvgIpc) is 2.87. The van der Waals surface area contributed by atoms with Crippen LogP contribution in [0.15, 0.2) is 53.4 Å². The van der Waals surface area contributed by atoms with E-state index in [0.29, 0.717) is 18.5 Å². The van der Waals surface area contributed by atoms with Gasteiger partial charge in [-0.2, -0.15) is 4.98 Å². The molecule has 2 heterocycles. The van der Waals surface area contributed by atoms with Gasteiger partial charge in [0.1, 0.15) is 6.61 Å². The normalized spacial score (nSPS) is 17.4. The van der Waals surface area contributed by atoms with Crippen molar-refractivity contribution in [2.45, 2.75) is 82.9 Å². The minimum atomic E-state index is -4.17. The molecule has 1 atom stereocenters. The van der Waals surface area contributed by atoms with Crippen LogP contribution in [-0.2, 0) is 10.0 Å². The summed E-state index contributed by atoms with van der Waals surface area (Å²) in [7, 11) is -4.17. The lowest BCUT2D eigenvalue weighted by molar-refractivity contribution is 0.0144. The van der Waals surface area contributed by atoms with Crippen LogP contribution in [0, 0.1) is 13.8 Å². The minimum Gasteiger partial charge on any atom is -0.475 e. The van der Waals surface area contributed by atoms with Gasteiger partial charge in [-0.15, -0.1) is 0 Å². The van der Waals surface area contributed by atoms with Gasteiger partial charge in [-0.3, -0.25) is 4.79 Å². The molecule has 0 aliphatic carbocycles. The van der Waals surface area contributed by atoms with Crippen LogP contribution < -0.4 is 9.46 Å². The predicted octanol–water partition coefficient (Wildman–Crippen LogP) is 4.48. The van der Waals surface area contributed by atoms with E-state index in [-0.39, 0.29) is 41.9 Å². The topological polar surface area (TPSA) is 142 Å². The number of aryl methyl sites for hydroxylation is 2. The van der Waals surface area contributed by atoms with Crippen molar-refractivity contribution in [3.05, 3.63) is 65.2 Å². The maximum absolute atomic E-state index is 14.0. The lowest BCUT2D eigenvalue weighted by Gasteiger charge is -2.35. The molecular formula is C31H40N4O6S. The molecule has 0 saturated heterocycles. The van der Waals surface area contributed by atoms with Gasteiger partial charge in [-0.05, 0) is 90.1 Å². The lowest BCUT2D eigenvalue weighted by atomic mass is 9.96. The van der Waals surface area contributed by atoms with E-state index >= 15 is 0 Å². The van der Waals surface area contributed by atoms with Gasteiger partial charge in [0.2, 0.25) is 11.8 Å². The Labute approximate surface area is 247 Å². The first-order valence-corrected chi connectivity index (χ1v) is 15.5. The van der Waals surface area contributed by atoms with Gasteiger partial charge in [0.05, 0.1) is 27.8 Å². The predicted molar refractivity (Wildman–Crippen MR) is 161 cm³/mol. The third kappa shape index (κ3) is 7.84. The number of nitrogens with one attached hydrogen (secondary N) is 1. The number of rotatable bonds is 7. The number of hydrogen-bond acceptors (Lipinski definition) is 8. The zero-order valence-electron chi connectivity index (χ0n) is 25.0. The summed E-state index contributed by atoms with van der Waals surface area (Å²) in [5, 5.41) is 21.1. The molecule has 226 valence electrons. The van der Waals surface area contributed by atoms with E-state index in [1.165, 1.54) is 18.2 Å². The Balaban J connectivity index is 1.87. The highest BCUT2D eigenvalue weighted by Crippen LogP contribution is 2.30. The summed E-state index contributed by atoms with van der Waals surface area (Å²) in [5.41, 5.74) is 1.29. The summed E-state index contributed by atoms with van der Waals surface area (Å²) in [5.74, 6) is -0.452. The van der Waals surface area contributed by atoms with Crippen molar-refractivity contribution in [3.8, 4) is 17.1 Å². The molecule has 4 rings (SSSR count). The molecule has 42 heavy (non-hydrogen) atoms. The van der Waals surface area contributed by atoms with Crippen molar-refractivity contribution in [2.75, 3.05) is 17.9 Å². The summed E-state index contributed by atoms with van der Waals surface area (Å²) >= 11 is 0. The van der Waals surface area contributed by atoms with E-state index in [9.17, 15) is 23.4 Å². The minimum absolute atomic E-state index is 0.0205. The van der Waals surface area contributed by atoms with E-state index in [0.717, 1.165) is 16.7 Å². The molecule has 0 spiro atoms. The van der Waals surface area contributed by atoms with Crippen molar-refractivity contribution in [1.82, 2.24) is 14.9 Å². The molecule has 10 nitrogen and oxygen atoms in total. The number of aromatic nitrogens is 2. The van der Waals surface area contributed by atoms with Crippen molar-refractivity contribution < 1.29 is 28.2 Å². The van der Waals surface area contributed by atoms with E-state index in [1.807, 2.05) is 32.0 Å². The molecule has 0 saturated carbocycles. The summed E-state index contributed by atoms with van der Waals surface area (Å²) in [6, 6.07) is 12.7. The molecule has 3 N–H and O–H groups in total. The largest absolute Gasteiger partial charge is 0.475 e. The SMILES string of the molecule is Cc1cccc(C)c1-c1cc2nc(n1)NS(=O)(=O)c1cccc(c1)C(=O)N(CCCC(C)(C)O)[C@H](CC(C)(C)O)CO2. The summed E-state index contributed by atoms with van der Waals surface area (Å²) in [6.45, 7) is 10.8. The smallest absolute Gasteiger partial charge is 0.264 e. The number of carbonyl (C=O) groups is 1. The van der Waals surface area contributed by atoms with Crippen LogP contribution in [0.4, 0.5) is 5.95 Å². The highest BCUT2D eigenvalue weighted by atomic mass is 32.2.